The Hall–Kier alpha value is -3.88. The van der Waals surface area contributed by atoms with E-state index in [1.54, 1.807) is 54.3 Å². The topological polar surface area (TPSA) is 95.4 Å². The van der Waals surface area contributed by atoms with Crippen LogP contribution in [-0.2, 0) is 11.8 Å². The van der Waals surface area contributed by atoms with Gasteiger partial charge in [-0.05, 0) is 39.0 Å². The van der Waals surface area contributed by atoms with Crippen molar-refractivity contribution in [2.45, 2.75) is 32.9 Å². The molecular formula is C23H27N7O2. The first-order valence-electron chi connectivity index (χ1n) is 10.5. The molecule has 0 saturated heterocycles. The quantitative estimate of drug-likeness (QED) is 0.640. The van der Waals surface area contributed by atoms with Crippen molar-refractivity contribution in [1.82, 2.24) is 14.8 Å². The standard InChI is InChI=1S/C23H27N7O2/c1-14(2)30-15(3)23(32)29(5)19-13-24-21(12-18(19)30)25-17-8-6-7-16(11-17)22(31)26-20-9-10-28(4)27-20/h6-15H,1-5H3,(H,24,25)(H,26,27,31). The fourth-order valence-corrected chi connectivity index (χ4v) is 3.98. The Morgan fingerprint density at radius 1 is 1.09 bits per heavy atom. The highest BCUT2D eigenvalue weighted by atomic mass is 16.2. The van der Waals surface area contributed by atoms with Crippen molar-refractivity contribution >= 4 is 40.5 Å². The minimum atomic E-state index is -0.263. The summed E-state index contributed by atoms with van der Waals surface area (Å²) in [6.45, 7) is 6.05. The molecule has 4 rings (SSSR count). The third-order valence-corrected chi connectivity index (χ3v) is 5.52. The maximum atomic E-state index is 12.6. The van der Waals surface area contributed by atoms with Crippen LogP contribution in [0.4, 0.5) is 28.7 Å². The van der Waals surface area contributed by atoms with Gasteiger partial charge in [0.15, 0.2) is 5.82 Å². The molecule has 3 aromatic rings. The average molecular weight is 434 g/mol. The number of fused-ring (bicyclic) bond motifs is 1. The molecular weight excluding hydrogens is 406 g/mol. The number of anilines is 5. The van der Waals surface area contributed by atoms with Gasteiger partial charge in [0.05, 0.1) is 17.6 Å². The van der Waals surface area contributed by atoms with Gasteiger partial charge < -0.3 is 20.4 Å². The van der Waals surface area contributed by atoms with Crippen LogP contribution in [-0.4, -0.2) is 45.7 Å². The number of nitrogens with zero attached hydrogens (tertiary/aromatic N) is 5. The summed E-state index contributed by atoms with van der Waals surface area (Å²) in [6, 6.07) is 10.7. The van der Waals surface area contributed by atoms with Crippen molar-refractivity contribution in [3.05, 3.63) is 54.4 Å². The maximum Gasteiger partial charge on any atom is 0.256 e. The largest absolute Gasteiger partial charge is 0.355 e. The number of amides is 2. The molecule has 1 aliphatic rings. The Morgan fingerprint density at radius 3 is 2.56 bits per heavy atom. The van der Waals surface area contributed by atoms with Crippen molar-refractivity contribution in [3.8, 4) is 0 Å². The van der Waals surface area contributed by atoms with Crippen LogP contribution in [0.5, 0.6) is 0 Å². The molecule has 9 heteroatoms. The van der Waals surface area contributed by atoms with E-state index in [2.05, 4.69) is 39.5 Å². The van der Waals surface area contributed by atoms with Crippen LogP contribution in [0, 0.1) is 0 Å². The number of pyridine rings is 1. The molecule has 0 fully saturated rings. The summed E-state index contributed by atoms with van der Waals surface area (Å²) in [7, 11) is 3.56. The highest BCUT2D eigenvalue weighted by molar-refractivity contribution is 6.05. The van der Waals surface area contributed by atoms with E-state index in [1.807, 2.05) is 25.1 Å². The fraction of sp³-hybridized carbons (Fsp3) is 0.304. The lowest BCUT2D eigenvalue weighted by Crippen LogP contribution is -2.53. The van der Waals surface area contributed by atoms with Crippen molar-refractivity contribution in [1.29, 1.82) is 0 Å². The number of likely N-dealkylation sites (N-methyl/N-ethyl adjacent to an activating group) is 1. The summed E-state index contributed by atoms with van der Waals surface area (Å²) in [6.07, 6.45) is 3.47. The molecule has 1 aromatic carbocycles. The molecule has 2 amide bonds. The maximum absolute atomic E-state index is 12.6. The van der Waals surface area contributed by atoms with Crippen molar-refractivity contribution < 1.29 is 9.59 Å². The average Bonchev–Trinajstić information content (AvgIpc) is 3.16. The summed E-state index contributed by atoms with van der Waals surface area (Å²) < 4.78 is 1.63. The zero-order valence-electron chi connectivity index (χ0n) is 18.8. The Bertz CT molecular complexity index is 1170. The van der Waals surface area contributed by atoms with E-state index in [-0.39, 0.29) is 23.9 Å². The number of benzene rings is 1. The van der Waals surface area contributed by atoms with Crippen LogP contribution < -0.4 is 20.4 Å². The first-order valence-corrected chi connectivity index (χ1v) is 10.5. The van der Waals surface area contributed by atoms with E-state index in [9.17, 15) is 9.59 Å². The van der Waals surface area contributed by atoms with Gasteiger partial charge in [-0.2, -0.15) is 5.10 Å². The van der Waals surface area contributed by atoms with Crippen LogP contribution in [0.2, 0.25) is 0 Å². The van der Waals surface area contributed by atoms with Gasteiger partial charge in [0.1, 0.15) is 11.9 Å². The van der Waals surface area contributed by atoms with Gasteiger partial charge in [0.25, 0.3) is 5.91 Å². The molecule has 9 nitrogen and oxygen atoms in total. The lowest BCUT2D eigenvalue weighted by atomic mass is 10.1. The number of carbonyl (C=O) groups excluding carboxylic acids is 2. The molecule has 1 aliphatic heterocycles. The minimum Gasteiger partial charge on any atom is -0.355 e. The summed E-state index contributed by atoms with van der Waals surface area (Å²) in [5.41, 5.74) is 2.95. The van der Waals surface area contributed by atoms with Gasteiger partial charge in [0, 0.05) is 49.7 Å². The molecule has 166 valence electrons. The Balaban J connectivity index is 1.58. The number of rotatable bonds is 5. The van der Waals surface area contributed by atoms with Crippen LogP contribution in [0.15, 0.2) is 48.8 Å². The zero-order chi connectivity index (χ0) is 23.0. The number of nitrogens with one attached hydrogen (secondary N) is 2. The van der Waals surface area contributed by atoms with E-state index in [1.165, 1.54) is 0 Å². The van der Waals surface area contributed by atoms with Crippen LogP contribution in [0.1, 0.15) is 31.1 Å². The number of hydrogen-bond acceptors (Lipinski definition) is 6. The predicted molar refractivity (Wildman–Crippen MR) is 126 cm³/mol. The summed E-state index contributed by atoms with van der Waals surface area (Å²) in [5.74, 6) is 0.923. The second-order valence-electron chi connectivity index (χ2n) is 8.17. The molecule has 0 saturated carbocycles. The number of aryl methyl sites for hydroxylation is 1. The number of hydrogen-bond donors (Lipinski definition) is 2. The van der Waals surface area contributed by atoms with E-state index < -0.39 is 0 Å². The van der Waals surface area contributed by atoms with E-state index >= 15 is 0 Å². The molecule has 32 heavy (non-hydrogen) atoms. The lowest BCUT2D eigenvalue weighted by molar-refractivity contribution is -0.119. The van der Waals surface area contributed by atoms with Crippen LogP contribution in [0.3, 0.4) is 0 Å². The lowest BCUT2D eigenvalue weighted by Gasteiger charge is -2.42. The van der Waals surface area contributed by atoms with Gasteiger partial charge in [-0.1, -0.05) is 6.07 Å². The summed E-state index contributed by atoms with van der Waals surface area (Å²) >= 11 is 0. The van der Waals surface area contributed by atoms with Gasteiger partial charge in [-0.3, -0.25) is 14.3 Å². The highest BCUT2D eigenvalue weighted by Crippen LogP contribution is 2.38. The molecule has 1 unspecified atom stereocenters. The third-order valence-electron chi connectivity index (χ3n) is 5.52. The van der Waals surface area contributed by atoms with E-state index in [0.717, 1.165) is 17.1 Å². The van der Waals surface area contributed by atoms with Crippen molar-refractivity contribution in [3.63, 3.8) is 0 Å². The smallest absolute Gasteiger partial charge is 0.256 e. The van der Waals surface area contributed by atoms with Gasteiger partial charge in [-0.25, -0.2) is 4.98 Å². The summed E-state index contributed by atoms with van der Waals surface area (Å²) in [5, 5.41) is 10.2. The van der Waals surface area contributed by atoms with E-state index in [4.69, 9.17) is 0 Å². The highest BCUT2D eigenvalue weighted by Gasteiger charge is 2.35. The zero-order valence-corrected chi connectivity index (χ0v) is 18.8. The normalized spacial score (nSPS) is 15.7. The molecule has 0 bridgehead atoms. The SMILES string of the molecule is CC(C)N1c2cc(Nc3cccc(C(=O)Nc4ccn(C)n4)c3)ncc2N(C)C(=O)C1C. The number of carbonyl (C=O) groups is 2. The second kappa shape index (κ2) is 8.33. The second-order valence-corrected chi connectivity index (χ2v) is 8.17. The van der Waals surface area contributed by atoms with Gasteiger partial charge in [0.2, 0.25) is 5.91 Å². The van der Waals surface area contributed by atoms with Gasteiger partial charge >= 0.3 is 0 Å². The third kappa shape index (κ3) is 4.01. The monoisotopic (exact) mass is 433 g/mol. The number of aromatic nitrogens is 3. The Morgan fingerprint density at radius 2 is 1.88 bits per heavy atom. The first-order chi connectivity index (χ1) is 15.2. The van der Waals surface area contributed by atoms with Crippen molar-refractivity contribution in [2.75, 3.05) is 27.5 Å². The van der Waals surface area contributed by atoms with Crippen LogP contribution >= 0.6 is 0 Å². The molecule has 0 radical (unpaired) electrons. The fourth-order valence-electron chi connectivity index (χ4n) is 3.98. The molecule has 0 spiro atoms. The predicted octanol–water partition coefficient (Wildman–Crippen LogP) is 3.39. The molecule has 2 N–H and O–H groups in total. The minimum absolute atomic E-state index is 0.0420. The molecule has 0 aliphatic carbocycles. The molecule has 3 heterocycles. The molecule has 2 aromatic heterocycles. The van der Waals surface area contributed by atoms with Gasteiger partial charge in [-0.15, -0.1) is 0 Å². The van der Waals surface area contributed by atoms with Crippen molar-refractivity contribution in [2.24, 2.45) is 7.05 Å². The van der Waals surface area contributed by atoms with E-state index in [0.29, 0.717) is 17.2 Å². The Kier molecular flexibility index (Phi) is 5.56. The summed E-state index contributed by atoms with van der Waals surface area (Å²) in [4.78, 5) is 33.4. The van der Waals surface area contributed by atoms with Crippen LogP contribution in [0.25, 0.3) is 0 Å². The Labute approximate surface area is 187 Å². The molecule has 1 atom stereocenters. The first kappa shape index (κ1) is 21.4.